The summed E-state index contributed by atoms with van der Waals surface area (Å²) >= 11 is 0. The average Bonchev–Trinajstić information content (AvgIpc) is 3.13. The second-order valence-corrected chi connectivity index (χ2v) is 13.7. The number of carbonyl (C=O) groups excluding carboxylic acids is 1. The maximum absolute atomic E-state index is 13.4. The summed E-state index contributed by atoms with van der Waals surface area (Å²) in [6.07, 6.45) is 1.64. The van der Waals surface area contributed by atoms with Gasteiger partial charge in [0.25, 0.3) is 0 Å². The molecule has 6 heteroatoms. The molecule has 0 saturated heterocycles. The van der Waals surface area contributed by atoms with Crippen LogP contribution in [0.5, 0.6) is 0 Å². The molecular weight excluding hydrogens is 444 g/mol. The van der Waals surface area contributed by atoms with Crippen molar-refractivity contribution in [2.75, 3.05) is 0 Å². The van der Waals surface area contributed by atoms with Crippen LogP contribution in [0.25, 0.3) is 0 Å². The maximum atomic E-state index is 13.4. The van der Waals surface area contributed by atoms with Crippen molar-refractivity contribution in [3.8, 4) is 0 Å². The van der Waals surface area contributed by atoms with E-state index in [1.54, 1.807) is 0 Å². The summed E-state index contributed by atoms with van der Waals surface area (Å²) < 4.78 is 0. The number of ketones is 1. The first kappa shape index (κ1) is 27.5. The summed E-state index contributed by atoms with van der Waals surface area (Å²) in [5.41, 5.74) is -2.34. The summed E-state index contributed by atoms with van der Waals surface area (Å²) in [5.74, 6) is 1.01. The van der Waals surface area contributed by atoms with Gasteiger partial charge in [0.15, 0.2) is 5.78 Å². The number of hydrogen-bond acceptors (Lipinski definition) is 6. The van der Waals surface area contributed by atoms with Crippen LogP contribution < -0.4 is 0 Å². The molecule has 0 bridgehead atoms. The highest BCUT2D eigenvalue weighted by molar-refractivity contribution is 5.89. The minimum atomic E-state index is -1.57. The van der Waals surface area contributed by atoms with Crippen LogP contribution in [0.2, 0.25) is 0 Å². The summed E-state index contributed by atoms with van der Waals surface area (Å²) in [6, 6.07) is 0. The lowest BCUT2D eigenvalue weighted by molar-refractivity contribution is -0.230. The molecule has 4 fully saturated rings. The summed E-state index contributed by atoms with van der Waals surface area (Å²) in [7, 11) is 0. The Bertz CT molecular complexity index is 800. The SMILES string of the molecule is CC[C@@H](C(C)C)[C@@H](O)[C@H](O)[C@@H](C)[C@H]1CC[C@H]2[C@@H]3CC(=O)[C@@]4(O)C[C@H](O)[C@H](O)C[C@]4(C)[C@H]3CC[C@]12C. The van der Waals surface area contributed by atoms with Crippen molar-refractivity contribution >= 4 is 5.78 Å². The maximum Gasteiger partial charge on any atom is 0.165 e. The van der Waals surface area contributed by atoms with Crippen LogP contribution in [-0.4, -0.2) is 61.3 Å². The Morgan fingerprint density at radius 3 is 2.17 bits per heavy atom. The smallest absolute Gasteiger partial charge is 0.165 e. The van der Waals surface area contributed by atoms with Crippen LogP contribution in [0.4, 0.5) is 0 Å². The molecule has 6 nitrogen and oxygen atoms in total. The van der Waals surface area contributed by atoms with E-state index in [-0.39, 0.29) is 53.6 Å². The number of Topliss-reactive ketones (excluding diaryl/α,β-unsaturated/α-hetero) is 1. The van der Waals surface area contributed by atoms with Crippen molar-refractivity contribution in [3.05, 3.63) is 0 Å². The van der Waals surface area contributed by atoms with Gasteiger partial charge in [-0.1, -0.05) is 48.0 Å². The molecule has 0 spiro atoms. The molecule has 0 unspecified atom stereocenters. The van der Waals surface area contributed by atoms with Gasteiger partial charge in [-0.25, -0.2) is 0 Å². The number of aliphatic hydroxyl groups is 5. The highest BCUT2D eigenvalue weighted by Gasteiger charge is 2.69. The fourth-order valence-electron chi connectivity index (χ4n) is 9.86. The van der Waals surface area contributed by atoms with E-state index in [1.807, 2.05) is 6.92 Å². The van der Waals surface area contributed by atoms with Crippen LogP contribution in [0.3, 0.4) is 0 Å². The van der Waals surface area contributed by atoms with Crippen molar-refractivity contribution < 1.29 is 30.3 Å². The Balaban J connectivity index is 1.58. The predicted octanol–water partition coefficient (Wildman–Crippen LogP) is 3.31. The third kappa shape index (κ3) is 3.96. The molecule has 0 aromatic carbocycles. The zero-order valence-corrected chi connectivity index (χ0v) is 22.7. The Labute approximate surface area is 211 Å². The number of fused-ring (bicyclic) bond motifs is 5. The lowest BCUT2D eigenvalue weighted by Crippen LogP contribution is -2.69. The van der Waals surface area contributed by atoms with Gasteiger partial charge in [-0.15, -0.1) is 0 Å². The molecule has 0 heterocycles. The molecule has 0 radical (unpaired) electrons. The fraction of sp³-hybridized carbons (Fsp3) is 0.966. The van der Waals surface area contributed by atoms with Crippen LogP contribution in [0.1, 0.15) is 92.9 Å². The molecular formula is C29H50O6. The van der Waals surface area contributed by atoms with Gasteiger partial charge in [0.05, 0.1) is 24.4 Å². The summed E-state index contributed by atoms with van der Waals surface area (Å²) in [5, 5.41) is 54.7. The van der Waals surface area contributed by atoms with Gasteiger partial charge in [0.1, 0.15) is 5.60 Å². The van der Waals surface area contributed by atoms with Gasteiger partial charge in [-0.3, -0.25) is 4.79 Å². The fourth-order valence-corrected chi connectivity index (χ4v) is 9.86. The Hall–Kier alpha value is -0.530. The molecule has 4 aliphatic carbocycles. The number of rotatable bonds is 6. The van der Waals surface area contributed by atoms with E-state index in [9.17, 15) is 30.3 Å². The minimum absolute atomic E-state index is 0.0281. The quantitative estimate of drug-likeness (QED) is 0.387. The normalized spacial score (nSPS) is 49.1. The van der Waals surface area contributed by atoms with Gasteiger partial charge in [0, 0.05) is 18.3 Å². The van der Waals surface area contributed by atoms with E-state index in [0.29, 0.717) is 18.3 Å². The third-order valence-corrected chi connectivity index (χ3v) is 12.0. The first-order chi connectivity index (χ1) is 16.2. The number of hydrogen-bond donors (Lipinski definition) is 5. The zero-order valence-electron chi connectivity index (χ0n) is 22.7. The average molecular weight is 495 g/mol. The van der Waals surface area contributed by atoms with Gasteiger partial charge in [-0.2, -0.15) is 0 Å². The topological polar surface area (TPSA) is 118 Å². The monoisotopic (exact) mass is 494 g/mol. The second kappa shape index (κ2) is 9.34. The van der Waals surface area contributed by atoms with E-state index in [0.717, 1.165) is 32.1 Å². The van der Waals surface area contributed by atoms with Crippen LogP contribution in [0.15, 0.2) is 0 Å². The van der Waals surface area contributed by atoms with E-state index in [1.165, 1.54) is 0 Å². The molecule has 0 aliphatic heterocycles. The van der Waals surface area contributed by atoms with E-state index < -0.39 is 35.4 Å². The largest absolute Gasteiger partial charge is 0.390 e. The lowest BCUT2D eigenvalue weighted by Gasteiger charge is -2.63. The molecule has 4 saturated carbocycles. The number of carbonyl (C=O) groups is 1. The van der Waals surface area contributed by atoms with Crippen molar-refractivity contribution in [1.29, 1.82) is 0 Å². The van der Waals surface area contributed by atoms with Crippen LogP contribution in [-0.2, 0) is 4.79 Å². The third-order valence-electron chi connectivity index (χ3n) is 12.0. The molecule has 4 rings (SSSR count). The Kier molecular flexibility index (Phi) is 7.34. The highest BCUT2D eigenvalue weighted by atomic mass is 16.3. The first-order valence-electron chi connectivity index (χ1n) is 14.2. The van der Waals surface area contributed by atoms with E-state index >= 15 is 0 Å². The van der Waals surface area contributed by atoms with Gasteiger partial charge in [0.2, 0.25) is 0 Å². The van der Waals surface area contributed by atoms with Crippen molar-refractivity contribution in [2.24, 2.45) is 52.3 Å². The Morgan fingerprint density at radius 1 is 0.943 bits per heavy atom. The Morgan fingerprint density at radius 2 is 1.57 bits per heavy atom. The molecule has 4 aliphatic rings. The van der Waals surface area contributed by atoms with Crippen molar-refractivity contribution in [3.63, 3.8) is 0 Å². The lowest BCUT2D eigenvalue weighted by atomic mass is 9.42. The number of aliphatic hydroxyl groups excluding tert-OH is 4. The van der Waals surface area contributed by atoms with Crippen LogP contribution in [0, 0.1) is 52.3 Å². The predicted molar refractivity (Wildman–Crippen MR) is 134 cm³/mol. The molecule has 35 heavy (non-hydrogen) atoms. The summed E-state index contributed by atoms with van der Waals surface area (Å²) in [4.78, 5) is 13.4. The summed E-state index contributed by atoms with van der Waals surface area (Å²) in [6.45, 7) is 12.7. The standard InChI is InChI=1S/C29H50O6/c1-7-17(15(2)3)26(34)25(33)16(4)19-8-9-20-18-12-24(32)29(35)14-23(31)22(30)13-28(29,6)21(18)10-11-27(19,20)5/h15-23,25-26,30-31,33-35H,7-14H2,1-6H3/t16-,17-,18-,19+,20-,21-,22+,23-,25+,26+,27+,28+,29-/m0/s1. The zero-order chi connectivity index (χ0) is 26.1. The second-order valence-electron chi connectivity index (χ2n) is 13.7. The molecule has 0 aromatic rings. The highest BCUT2D eigenvalue weighted by Crippen LogP contribution is 2.68. The van der Waals surface area contributed by atoms with Crippen molar-refractivity contribution in [1.82, 2.24) is 0 Å². The molecule has 0 amide bonds. The van der Waals surface area contributed by atoms with Crippen molar-refractivity contribution in [2.45, 2.75) is 123 Å². The van der Waals surface area contributed by atoms with Crippen LogP contribution >= 0.6 is 0 Å². The van der Waals surface area contributed by atoms with Gasteiger partial charge >= 0.3 is 0 Å². The van der Waals surface area contributed by atoms with Gasteiger partial charge in [-0.05, 0) is 78.9 Å². The van der Waals surface area contributed by atoms with Gasteiger partial charge < -0.3 is 25.5 Å². The first-order valence-corrected chi connectivity index (χ1v) is 14.2. The van der Waals surface area contributed by atoms with E-state index in [4.69, 9.17) is 0 Å². The molecule has 202 valence electrons. The molecule has 0 aromatic heterocycles. The minimum Gasteiger partial charge on any atom is -0.390 e. The van der Waals surface area contributed by atoms with E-state index in [2.05, 4.69) is 34.6 Å². The molecule has 5 N–H and O–H groups in total. The molecule has 13 atom stereocenters.